The predicted molar refractivity (Wildman–Crippen MR) is 84.2 cm³/mol. The van der Waals surface area contributed by atoms with Gasteiger partial charge in [-0.05, 0) is 0 Å². The lowest BCUT2D eigenvalue weighted by molar-refractivity contribution is -0.917. The monoisotopic (exact) mass is 302 g/mol. The number of thiazole rings is 1. The Hall–Kier alpha value is -1.72. The summed E-state index contributed by atoms with van der Waals surface area (Å²) in [6, 6.07) is 10.3. The minimum atomic E-state index is 0.189. The van der Waals surface area contributed by atoms with Crippen LogP contribution in [0.4, 0.5) is 0 Å². The van der Waals surface area contributed by atoms with Crippen molar-refractivity contribution in [1.82, 2.24) is 9.88 Å². The molecule has 2 aromatic rings. The van der Waals surface area contributed by atoms with E-state index in [4.69, 9.17) is 4.98 Å². The van der Waals surface area contributed by atoms with Gasteiger partial charge in [0.05, 0.1) is 26.2 Å². The summed E-state index contributed by atoms with van der Waals surface area (Å²) in [5, 5.41) is 3.25. The number of nitrogens with one attached hydrogen (secondary N) is 1. The summed E-state index contributed by atoms with van der Waals surface area (Å²) in [6.07, 6.45) is 0. The van der Waals surface area contributed by atoms with Crippen LogP contribution in [0.25, 0.3) is 10.6 Å². The van der Waals surface area contributed by atoms with Crippen LogP contribution in [0.2, 0.25) is 0 Å². The molecule has 1 aromatic heterocycles. The molecular formula is C16H20N3OS+. The number of quaternary nitrogens is 1. The van der Waals surface area contributed by atoms with Crippen molar-refractivity contribution >= 4 is 17.2 Å². The molecule has 1 N–H and O–H groups in total. The van der Waals surface area contributed by atoms with Crippen molar-refractivity contribution in [3.8, 4) is 10.6 Å². The van der Waals surface area contributed by atoms with Crippen molar-refractivity contribution in [2.24, 2.45) is 0 Å². The predicted octanol–water partition coefficient (Wildman–Crippen LogP) is 1.06. The summed E-state index contributed by atoms with van der Waals surface area (Å²) in [5.74, 6) is 0.189. The van der Waals surface area contributed by atoms with Crippen molar-refractivity contribution in [3.05, 3.63) is 41.4 Å². The van der Waals surface area contributed by atoms with Gasteiger partial charge in [0.15, 0.2) is 0 Å². The second-order valence-electron chi connectivity index (χ2n) is 5.44. The van der Waals surface area contributed by atoms with Crippen molar-refractivity contribution in [1.29, 1.82) is 0 Å². The van der Waals surface area contributed by atoms with Gasteiger partial charge in [0, 0.05) is 17.9 Å². The van der Waals surface area contributed by atoms with Crippen LogP contribution in [-0.4, -0.2) is 42.0 Å². The zero-order valence-corrected chi connectivity index (χ0v) is 13.0. The molecular weight excluding hydrogens is 282 g/mol. The Labute approximate surface area is 129 Å². The summed E-state index contributed by atoms with van der Waals surface area (Å²) in [7, 11) is 0. The smallest absolute Gasteiger partial charge is 0.219 e. The van der Waals surface area contributed by atoms with E-state index in [2.05, 4.69) is 17.5 Å². The minimum absolute atomic E-state index is 0.189. The molecule has 1 aromatic carbocycles. The van der Waals surface area contributed by atoms with Gasteiger partial charge in [-0.25, -0.2) is 4.98 Å². The molecule has 0 atom stereocenters. The molecule has 0 bridgehead atoms. The van der Waals surface area contributed by atoms with Gasteiger partial charge in [-0.15, -0.1) is 11.3 Å². The fourth-order valence-corrected chi connectivity index (χ4v) is 3.50. The first-order chi connectivity index (χ1) is 10.2. The fourth-order valence-electron chi connectivity index (χ4n) is 2.67. The van der Waals surface area contributed by atoms with Crippen LogP contribution < -0.4 is 4.90 Å². The van der Waals surface area contributed by atoms with E-state index in [1.165, 1.54) is 10.5 Å². The minimum Gasteiger partial charge on any atom is -0.332 e. The molecule has 1 aliphatic heterocycles. The molecule has 0 radical (unpaired) electrons. The van der Waals surface area contributed by atoms with E-state index in [1.807, 2.05) is 23.1 Å². The van der Waals surface area contributed by atoms with Crippen molar-refractivity contribution < 1.29 is 9.69 Å². The highest BCUT2D eigenvalue weighted by atomic mass is 32.1. The quantitative estimate of drug-likeness (QED) is 0.920. The molecule has 0 saturated carbocycles. The first-order valence-corrected chi connectivity index (χ1v) is 8.19. The van der Waals surface area contributed by atoms with Gasteiger partial charge in [0.2, 0.25) is 5.91 Å². The van der Waals surface area contributed by atoms with Gasteiger partial charge in [-0.1, -0.05) is 30.3 Å². The van der Waals surface area contributed by atoms with E-state index >= 15 is 0 Å². The Balaban J connectivity index is 1.60. The van der Waals surface area contributed by atoms with Gasteiger partial charge in [-0.2, -0.15) is 0 Å². The highest BCUT2D eigenvalue weighted by molar-refractivity contribution is 7.13. The molecule has 0 aliphatic carbocycles. The summed E-state index contributed by atoms with van der Waals surface area (Å²) >= 11 is 1.71. The van der Waals surface area contributed by atoms with Gasteiger partial charge < -0.3 is 9.80 Å². The number of nitrogens with zero attached hydrogens (tertiary/aromatic N) is 2. The fraction of sp³-hybridized carbons (Fsp3) is 0.375. The van der Waals surface area contributed by atoms with Crippen LogP contribution in [0.5, 0.6) is 0 Å². The molecule has 1 saturated heterocycles. The van der Waals surface area contributed by atoms with E-state index in [0.29, 0.717) is 0 Å². The molecule has 21 heavy (non-hydrogen) atoms. The SMILES string of the molecule is CC(=O)N1CC[NH+](Cc2csc(-c3ccccc3)n2)CC1. The van der Waals surface area contributed by atoms with Gasteiger partial charge in [0.25, 0.3) is 0 Å². The van der Waals surface area contributed by atoms with Gasteiger partial charge >= 0.3 is 0 Å². The molecule has 110 valence electrons. The molecule has 3 rings (SSSR count). The molecule has 0 spiro atoms. The first kappa shape index (κ1) is 14.2. The summed E-state index contributed by atoms with van der Waals surface area (Å²) < 4.78 is 0. The summed E-state index contributed by atoms with van der Waals surface area (Å²) in [4.78, 5) is 19.5. The van der Waals surface area contributed by atoms with Crippen LogP contribution in [0.3, 0.4) is 0 Å². The highest BCUT2D eigenvalue weighted by Crippen LogP contribution is 2.22. The van der Waals surface area contributed by atoms with Crippen molar-refractivity contribution in [2.45, 2.75) is 13.5 Å². The van der Waals surface area contributed by atoms with E-state index in [9.17, 15) is 4.79 Å². The largest absolute Gasteiger partial charge is 0.332 e. The number of aromatic nitrogens is 1. The lowest BCUT2D eigenvalue weighted by Crippen LogP contribution is -3.13. The van der Waals surface area contributed by atoms with Crippen LogP contribution in [0.15, 0.2) is 35.7 Å². The van der Waals surface area contributed by atoms with Crippen molar-refractivity contribution in [2.75, 3.05) is 26.2 Å². The molecule has 2 heterocycles. The third-order valence-electron chi connectivity index (χ3n) is 3.92. The van der Waals surface area contributed by atoms with Crippen LogP contribution in [-0.2, 0) is 11.3 Å². The second-order valence-corrected chi connectivity index (χ2v) is 6.30. The number of rotatable bonds is 3. The molecule has 0 unspecified atom stereocenters. The molecule has 4 nitrogen and oxygen atoms in total. The Morgan fingerprint density at radius 3 is 2.67 bits per heavy atom. The number of benzene rings is 1. The Morgan fingerprint density at radius 2 is 2.00 bits per heavy atom. The van der Waals surface area contributed by atoms with Crippen molar-refractivity contribution in [3.63, 3.8) is 0 Å². The van der Waals surface area contributed by atoms with Crippen LogP contribution in [0.1, 0.15) is 12.6 Å². The van der Waals surface area contributed by atoms with E-state index < -0.39 is 0 Å². The lowest BCUT2D eigenvalue weighted by atomic mass is 10.2. The van der Waals surface area contributed by atoms with E-state index in [0.717, 1.165) is 43.4 Å². The number of hydrogen-bond acceptors (Lipinski definition) is 3. The first-order valence-electron chi connectivity index (χ1n) is 7.31. The Morgan fingerprint density at radius 1 is 1.29 bits per heavy atom. The number of amides is 1. The maximum absolute atomic E-state index is 11.3. The topological polar surface area (TPSA) is 37.6 Å². The number of hydrogen-bond donors (Lipinski definition) is 1. The normalized spacial score (nSPS) is 16.1. The second kappa shape index (κ2) is 6.37. The number of carbonyl (C=O) groups excluding carboxylic acids is 1. The summed E-state index contributed by atoms with van der Waals surface area (Å²) in [5.41, 5.74) is 2.34. The average molecular weight is 302 g/mol. The zero-order valence-electron chi connectivity index (χ0n) is 12.2. The van der Waals surface area contributed by atoms with Crippen LogP contribution >= 0.6 is 11.3 Å². The molecule has 5 heteroatoms. The van der Waals surface area contributed by atoms with Gasteiger partial charge in [0.1, 0.15) is 17.2 Å². The van der Waals surface area contributed by atoms with Gasteiger partial charge in [-0.3, -0.25) is 4.79 Å². The maximum Gasteiger partial charge on any atom is 0.219 e. The standard InChI is InChI=1S/C16H19N3OS/c1-13(20)19-9-7-18(8-10-19)11-15-12-21-16(17-15)14-5-3-2-4-6-14/h2-6,12H,7-11H2,1H3/p+1. The third-order valence-corrected chi connectivity index (χ3v) is 4.86. The molecule has 1 amide bonds. The average Bonchev–Trinajstić information content (AvgIpc) is 2.97. The Kier molecular flexibility index (Phi) is 4.31. The molecule has 1 fully saturated rings. The highest BCUT2D eigenvalue weighted by Gasteiger charge is 2.22. The summed E-state index contributed by atoms with van der Waals surface area (Å²) in [6.45, 7) is 6.35. The molecule has 1 aliphatic rings. The van der Waals surface area contributed by atoms with E-state index in [1.54, 1.807) is 18.3 Å². The zero-order chi connectivity index (χ0) is 14.7. The maximum atomic E-state index is 11.3. The Bertz CT molecular complexity index is 603. The third kappa shape index (κ3) is 3.49. The van der Waals surface area contributed by atoms with Crippen LogP contribution in [0, 0.1) is 0 Å². The number of piperazine rings is 1. The number of carbonyl (C=O) groups is 1. The van der Waals surface area contributed by atoms with E-state index in [-0.39, 0.29) is 5.91 Å². The lowest BCUT2D eigenvalue weighted by Gasteiger charge is -2.31.